The molecule has 0 radical (unpaired) electrons. The van der Waals surface area contributed by atoms with Crippen LogP contribution in [0, 0.1) is 13.8 Å². The topological polar surface area (TPSA) is 56.1 Å². The highest BCUT2D eigenvalue weighted by Gasteiger charge is 2.21. The maximum Gasteiger partial charge on any atom is 0.134 e. The van der Waals surface area contributed by atoms with Crippen molar-refractivity contribution in [2.24, 2.45) is 0 Å². The van der Waals surface area contributed by atoms with Gasteiger partial charge in [0.05, 0.1) is 24.9 Å². The molecular weight excluding hydrogens is 290 g/mol. The van der Waals surface area contributed by atoms with Crippen LogP contribution in [0.15, 0.2) is 12.1 Å². The van der Waals surface area contributed by atoms with Crippen LogP contribution in [0.3, 0.4) is 0 Å². The zero-order valence-corrected chi connectivity index (χ0v) is 13.1. The average molecular weight is 308 g/mol. The fourth-order valence-corrected chi connectivity index (χ4v) is 2.85. The summed E-state index contributed by atoms with van der Waals surface area (Å²) in [5.74, 6) is 2.52. The summed E-state index contributed by atoms with van der Waals surface area (Å²) in [5, 5.41) is 8.66. The Bertz CT molecular complexity index is 637. The van der Waals surface area contributed by atoms with Gasteiger partial charge >= 0.3 is 0 Å². The first-order valence-electron chi connectivity index (χ1n) is 6.97. The predicted octanol–water partition coefficient (Wildman–Crippen LogP) is 2.16. The van der Waals surface area contributed by atoms with E-state index in [-0.39, 0.29) is 6.04 Å². The van der Waals surface area contributed by atoms with Crippen LogP contribution in [0.5, 0.6) is 0 Å². The summed E-state index contributed by atoms with van der Waals surface area (Å²) in [7, 11) is 0. The van der Waals surface area contributed by atoms with Gasteiger partial charge in [-0.25, -0.2) is 4.98 Å². The molecule has 1 aliphatic heterocycles. The molecule has 2 aromatic heterocycles. The van der Waals surface area contributed by atoms with Gasteiger partial charge < -0.3 is 9.64 Å². The summed E-state index contributed by atoms with van der Waals surface area (Å²) in [6.07, 6.45) is 0. The van der Waals surface area contributed by atoms with Crippen LogP contribution in [0.2, 0.25) is 5.15 Å². The number of hydrogen-bond donors (Lipinski definition) is 0. The molecule has 0 spiro atoms. The van der Waals surface area contributed by atoms with Gasteiger partial charge in [-0.05, 0) is 26.8 Å². The third kappa shape index (κ3) is 2.73. The minimum absolute atomic E-state index is 0.278. The third-order valence-corrected chi connectivity index (χ3v) is 3.87. The Labute approximate surface area is 128 Å². The minimum atomic E-state index is 0.278. The molecule has 1 atom stereocenters. The van der Waals surface area contributed by atoms with Gasteiger partial charge in [-0.2, -0.15) is 0 Å². The lowest BCUT2D eigenvalue weighted by atomic mass is 10.2. The summed E-state index contributed by atoms with van der Waals surface area (Å²) in [6, 6.07) is 4.14. The Morgan fingerprint density at radius 3 is 2.62 bits per heavy atom. The van der Waals surface area contributed by atoms with Gasteiger partial charge in [0, 0.05) is 12.6 Å². The molecule has 3 rings (SSSR count). The molecule has 0 bridgehead atoms. The number of nitrogens with zero attached hydrogens (tertiary/aromatic N) is 5. The number of halogens is 1. The van der Waals surface area contributed by atoms with Crippen molar-refractivity contribution < 1.29 is 4.74 Å². The second kappa shape index (κ2) is 5.61. The van der Waals surface area contributed by atoms with E-state index < -0.39 is 0 Å². The SMILES string of the molecule is Cc1nnc(C)n1-c1cc(Cl)nc(N2CCOC[C@H]2C)c1. The normalized spacial score (nSPS) is 19.0. The Morgan fingerprint density at radius 2 is 1.95 bits per heavy atom. The average Bonchev–Trinajstić information content (AvgIpc) is 2.78. The molecule has 0 unspecified atom stereocenters. The molecule has 0 N–H and O–H groups in total. The fraction of sp³-hybridized carbons (Fsp3) is 0.500. The zero-order chi connectivity index (χ0) is 15.0. The van der Waals surface area contributed by atoms with E-state index in [0.29, 0.717) is 18.4 Å². The van der Waals surface area contributed by atoms with E-state index in [0.717, 1.165) is 29.7 Å². The fourth-order valence-electron chi connectivity index (χ4n) is 2.66. The largest absolute Gasteiger partial charge is 0.377 e. The van der Waals surface area contributed by atoms with Crippen LogP contribution in [0.1, 0.15) is 18.6 Å². The van der Waals surface area contributed by atoms with E-state index >= 15 is 0 Å². The first-order valence-corrected chi connectivity index (χ1v) is 7.35. The number of hydrogen-bond acceptors (Lipinski definition) is 5. The van der Waals surface area contributed by atoms with E-state index in [1.165, 1.54) is 0 Å². The number of anilines is 1. The van der Waals surface area contributed by atoms with Gasteiger partial charge in [0.15, 0.2) is 0 Å². The van der Waals surface area contributed by atoms with Crippen molar-refractivity contribution >= 4 is 17.4 Å². The highest BCUT2D eigenvalue weighted by atomic mass is 35.5. The molecule has 3 heterocycles. The van der Waals surface area contributed by atoms with E-state index in [1.54, 1.807) is 0 Å². The highest BCUT2D eigenvalue weighted by Crippen LogP contribution is 2.25. The Kier molecular flexibility index (Phi) is 3.82. The summed E-state index contributed by atoms with van der Waals surface area (Å²) in [5.41, 5.74) is 0.934. The van der Waals surface area contributed by atoms with E-state index in [2.05, 4.69) is 27.0 Å². The molecule has 112 valence electrons. The zero-order valence-electron chi connectivity index (χ0n) is 12.4. The number of ether oxygens (including phenoxy) is 1. The summed E-state index contributed by atoms with van der Waals surface area (Å²) in [6.45, 7) is 8.19. The lowest BCUT2D eigenvalue weighted by Crippen LogP contribution is -2.44. The maximum absolute atomic E-state index is 6.22. The summed E-state index contributed by atoms with van der Waals surface area (Å²) < 4.78 is 7.45. The molecule has 6 nitrogen and oxygen atoms in total. The van der Waals surface area contributed by atoms with Crippen molar-refractivity contribution in [2.75, 3.05) is 24.7 Å². The van der Waals surface area contributed by atoms with Crippen LogP contribution < -0.4 is 4.90 Å². The van der Waals surface area contributed by atoms with Crippen molar-refractivity contribution in [3.63, 3.8) is 0 Å². The van der Waals surface area contributed by atoms with Crippen molar-refractivity contribution in [1.29, 1.82) is 0 Å². The number of aryl methyl sites for hydroxylation is 2. The van der Waals surface area contributed by atoms with Gasteiger partial charge in [0.25, 0.3) is 0 Å². The number of aromatic nitrogens is 4. The second-order valence-corrected chi connectivity index (χ2v) is 5.64. The minimum Gasteiger partial charge on any atom is -0.377 e. The van der Waals surface area contributed by atoms with Crippen LogP contribution in [-0.4, -0.2) is 45.5 Å². The monoisotopic (exact) mass is 307 g/mol. The number of pyridine rings is 1. The Hall–Kier alpha value is -1.66. The summed E-state index contributed by atoms with van der Waals surface area (Å²) in [4.78, 5) is 6.67. The number of rotatable bonds is 2. The van der Waals surface area contributed by atoms with Gasteiger partial charge in [-0.3, -0.25) is 4.57 Å². The lowest BCUT2D eigenvalue weighted by molar-refractivity contribution is 0.0985. The second-order valence-electron chi connectivity index (χ2n) is 5.25. The Balaban J connectivity index is 2.04. The van der Waals surface area contributed by atoms with E-state index in [9.17, 15) is 0 Å². The molecule has 2 aromatic rings. The van der Waals surface area contributed by atoms with Crippen LogP contribution in [0.4, 0.5) is 5.82 Å². The molecule has 1 fully saturated rings. The van der Waals surface area contributed by atoms with Gasteiger partial charge in [-0.15, -0.1) is 10.2 Å². The first kappa shape index (κ1) is 14.3. The third-order valence-electron chi connectivity index (χ3n) is 3.67. The standard InChI is InChI=1S/C14H18ClN5O/c1-9-8-21-5-4-19(9)14-7-12(6-13(15)16-14)20-10(2)17-18-11(20)3/h6-7,9H,4-5,8H2,1-3H3/t9-/m1/s1. The molecular formula is C14H18ClN5O. The van der Waals surface area contributed by atoms with Gasteiger partial charge in [0.1, 0.15) is 22.6 Å². The maximum atomic E-state index is 6.22. The van der Waals surface area contributed by atoms with Gasteiger partial charge in [-0.1, -0.05) is 11.6 Å². The number of morpholine rings is 1. The highest BCUT2D eigenvalue weighted by molar-refractivity contribution is 6.29. The smallest absolute Gasteiger partial charge is 0.134 e. The molecule has 1 saturated heterocycles. The lowest BCUT2D eigenvalue weighted by Gasteiger charge is -2.34. The molecule has 21 heavy (non-hydrogen) atoms. The first-order chi connectivity index (χ1) is 10.1. The molecule has 0 aromatic carbocycles. The predicted molar refractivity (Wildman–Crippen MR) is 81.3 cm³/mol. The quantitative estimate of drug-likeness (QED) is 0.796. The molecule has 7 heteroatoms. The van der Waals surface area contributed by atoms with Gasteiger partial charge in [0.2, 0.25) is 0 Å². The van der Waals surface area contributed by atoms with Crippen LogP contribution in [-0.2, 0) is 4.74 Å². The Morgan fingerprint density at radius 1 is 1.24 bits per heavy atom. The van der Waals surface area contributed by atoms with E-state index in [4.69, 9.17) is 16.3 Å². The van der Waals surface area contributed by atoms with Crippen molar-refractivity contribution in [1.82, 2.24) is 19.7 Å². The van der Waals surface area contributed by atoms with Crippen molar-refractivity contribution in [3.8, 4) is 5.69 Å². The molecule has 0 aliphatic carbocycles. The molecule has 0 saturated carbocycles. The summed E-state index contributed by atoms with van der Waals surface area (Å²) >= 11 is 6.22. The molecule has 1 aliphatic rings. The van der Waals surface area contributed by atoms with E-state index in [1.807, 2.05) is 30.5 Å². The van der Waals surface area contributed by atoms with Crippen molar-refractivity contribution in [3.05, 3.63) is 28.9 Å². The van der Waals surface area contributed by atoms with Crippen LogP contribution >= 0.6 is 11.6 Å². The van der Waals surface area contributed by atoms with Crippen molar-refractivity contribution in [2.45, 2.75) is 26.8 Å². The molecule has 0 amide bonds. The van der Waals surface area contributed by atoms with Crippen LogP contribution in [0.25, 0.3) is 5.69 Å².